The van der Waals surface area contributed by atoms with Crippen molar-refractivity contribution >= 4 is 68.5 Å². The Morgan fingerprint density at radius 2 is 1.79 bits per heavy atom. The Morgan fingerprint density at radius 3 is 2.55 bits per heavy atom. The smallest absolute Gasteiger partial charge is 0.247 e. The molecule has 0 bridgehead atoms. The van der Waals surface area contributed by atoms with Gasteiger partial charge in [-0.15, -0.1) is 5.10 Å². The number of fused-ring (bicyclic) bond motifs is 1. The van der Waals surface area contributed by atoms with Crippen molar-refractivity contribution in [2.24, 2.45) is 0 Å². The van der Waals surface area contributed by atoms with E-state index in [2.05, 4.69) is 53.1 Å². The van der Waals surface area contributed by atoms with Gasteiger partial charge >= 0.3 is 0 Å². The first-order valence-electron chi connectivity index (χ1n) is 8.97. The third-order valence-electron chi connectivity index (χ3n) is 4.48. The van der Waals surface area contributed by atoms with E-state index in [0.717, 1.165) is 35.1 Å². The lowest BCUT2D eigenvalue weighted by atomic mass is 10.2. The van der Waals surface area contributed by atoms with Gasteiger partial charge in [-0.05, 0) is 48.1 Å². The van der Waals surface area contributed by atoms with Crippen molar-refractivity contribution in [3.8, 4) is 11.4 Å². The lowest BCUT2D eigenvalue weighted by molar-refractivity contribution is 0.935. The maximum Gasteiger partial charge on any atom is 0.247 e. The molecule has 0 spiro atoms. The van der Waals surface area contributed by atoms with Crippen LogP contribution in [0.15, 0.2) is 42.5 Å². The van der Waals surface area contributed by atoms with Crippen LogP contribution in [0.5, 0.6) is 0 Å². The maximum absolute atomic E-state index is 6.16. The zero-order valence-electron chi connectivity index (χ0n) is 15.5. The zero-order chi connectivity index (χ0) is 20.4. The standard InChI is InChI=1S/C19H14Cl2N6.CH3I/c20-13-8-7-11(9-14(13)21)16-22-15-4-2-1-3-12(15)18(23-16)25-19-24-17(26-27-19)10-5-6-10;1-2/h1-4,7-10H,5-6H2,(H2,22,23,24,25,26,27);1H3. The normalized spacial score (nSPS) is 13.1. The molecule has 148 valence electrons. The van der Waals surface area contributed by atoms with E-state index in [4.69, 9.17) is 23.2 Å². The Hall–Kier alpha value is -1.97. The number of halogens is 3. The molecule has 0 radical (unpaired) electrons. The Labute approximate surface area is 191 Å². The van der Waals surface area contributed by atoms with Gasteiger partial charge in [-0.25, -0.2) is 9.97 Å². The third kappa shape index (κ3) is 4.46. The number of nitrogens with one attached hydrogen (secondary N) is 2. The van der Waals surface area contributed by atoms with Crippen molar-refractivity contribution in [2.45, 2.75) is 18.8 Å². The van der Waals surface area contributed by atoms with Gasteiger partial charge in [-0.3, -0.25) is 5.10 Å². The molecular formula is C20H17Cl2IN6. The molecule has 0 amide bonds. The van der Waals surface area contributed by atoms with Crippen LogP contribution >= 0.6 is 45.8 Å². The van der Waals surface area contributed by atoms with Gasteiger partial charge in [-0.1, -0.05) is 57.9 Å². The van der Waals surface area contributed by atoms with Crippen LogP contribution in [0.25, 0.3) is 22.3 Å². The number of benzene rings is 2. The SMILES string of the molecule is CI.Clc1ccc(-c2nc(Nc3n[nH]c(C4CC4)n3)c3ccccc3n2)cc1Cl. The fourth-order valence-electron chi connectivity index (χ4n) is 2.91. The molecule has 1 saturated carbocycles. The van der Waals surface area contributed by atoms with E-state index in [1.165, 1.54) is 0 Å². The third-order valence-corrected chi connectivity index (χ3v) is 5.22. The molecule has 9 heteroatoms. The van der Waals surface area contributed by atoms with Crippen LogP contribution in [0.2, 0.25) is 10.0 Å². The second-order valence-corrected chi connectivity index (χ2v) is 7.30. The average molecular weight is 539 g/mol. The van der Waals surface area contributed by atoms with Gasteiger partial charge in [0.25, 0.3) is 0 Å². The van der Waals surface area contributed by atoms with E-state index in [0.29, 0.717) is 33.6 Å². The summed E-state index contributed by atoms with van der Waals surface area (Å²) in [5, 5.41) is 12.3. The summed E-state index contributed by atoms with van der Waals surface area (Å²) in [6, 6.07) is 13.1. The predicted molar refractivity (Wildman–Crippen MR) is 127 cm³/mol. The number of nitrogens with zero attached hydrogens (tertiary/aromatic N) is 4. The lowest BCUT2D eigenvalue weighted by Gasteiger charge is -2.09. The van der Waals surface area contributed by atoms with E-state index >= 15 is 0 Å². The Morgan fingerprint density at radius 1 is 1.00 bits per heavy atom. The average Bonchev–Trinajstić information content (AvgIpc) is 3.50. The number of rotatable bonds is 4. The summed E-state index contributed by atoms with van der Waals surface area (Å²) >= 11 is 14.3. The molecule has 1 aliphatic carbocycles. The highest BCUT2D eigenvalue weighted by atomic mass is 127. The first kappa shape index (κ1) is 20.3. The monoisotopic (exact) mass is 538 g/mol. The molecule has 0 aliphatic heterocycles. The summed E-state index contributed by atoms with van der Waals surface area (Å²) in [7, 11) is 0. The first-order valence-corrected chi connectivity index (χ1v) is 11.9. The summed E-state index contributed by atoms with van der Waals surface area (Å²) < 4.78 is 0. The fraction of sp³-hybridized carbons (Fsp3) is 0.200. The van der Waals surface area contributed by atoms with Gasteiger partial charge in [0, 0.05) is 16.9 Å². The van der Waals surface area contributed by atoms with Crippen LogP contribution in [-0.4, -0.2) is 30.1 Å². The zero-order valence-corrected chi connectivity index (χ0v) is 19.1. The second kappa shape index (κ2) is 8.81. The number of anilines is 2. The van der Waals surface area contributed by atoms with E-state index < -0.39 is 0 Å². The largest absolute Gasteiger partial charge is 0.307 e. The van der Waals surface area contributed by atoms with Crippen LogP contribution in [0.1, 0.15) is 24.6 Å². The minimum absolute atomic E-state index is 0.462. The van der Waals surface area contributed by atoms with Crippen molar-refractivity contribution in [2.75, 3.05) is 10.2 Å². The minimum atomic E-state index is 0.462. The molecule has 0 unspecified atom stereocenters. The molecule has 2 heterocycles. The first-order chi connectivity index (χ1) is 14.2. The molecule has 1 fully saturated rings. The Balaban J connectivity index is 0.000000994. The Kier molecular flexibility index (Phi) is 6.17. The van der Waals surface area contributed by atoms with Crippen LogP contribution in [0.3, 0.4) is 0 Å². The van der Waals surface area contributed by atoms with Gasteiger partial charge in [-0.2, -0.15) is 4.98 Å². The van der Waals surface area contributed by atoms with Gasteiger partial charge in [0.2, 0.25) is 5.95 Å². The van der Waals surface area contributed by atoms with E-state index in [1.807, 2.05) is 35.3 Å². The van der Waals surface area contributed by atoms with Gasteiger partial charge in [0.05, 0.1) is 15.6 Å². The van der Waals surface area contributed by atoms with Gasteiger partial charge in [0.15, 0.2) is 5.82 Å². The van der Waals surface area contributed by atoms with E-state index in [-0.39, 0.29) is 0 Å². The highest BCUT2D eigenvalue weighted by Gasteiger charge is 2.27. The summed E-state index contributed by atoms with van der Waals surface area (Å²) in [6.45, 7) is 0. The van der Waals surface area contributed by atoms with Crippen molar-refractivity contribution in [3.63, 3.8) is 0 Å². The second-order valence-electron chi connectivity index (χ2n) is 6.49. The van der Waals surface area contributed by atoms with Crippen LogP contribution in [-0.2, 0) is 0 Å². The summed E-state index contributed by atoms with van der Waals surface area (Å²) in [4.78, 5) is 15.8. The topological polar surface area (TPSA) is 79.4 Å². The molecule has 2 aromatic carbocycles. The predicted octanol–water partition coefficient (Wildman–Crippen LogP) is 6.39. The number of aromatic amines is 1. The quantitative estimate of drug-likeness (QED) is 0.232. The lowest BCUT2D eigenvalue weighted by Crippen LogP contribution is -2.00. The van der Waals surface area contributed by atoms with Gasteiger partial charge in [0.1, 0.15) is 11.6 Å². The van der Waals surface area contributed by atoms with Gasteiger partial charge < -0.3 is 5.32 Å². The molecule has 0 saturated heterocycles. The molecule has 29 heavy (non-hydrogen) atoms. The van der Waals surface area contributed by atoms with Crippen molar-refractivity contribution in [1.29, 1.82) is 0 Å². The van der Waals surface area contributed by atoms with Crippen LogP contribution < -0.4 is 5.32 Å². The molecular weight excluding hydrogens is 522 g/mol. The van der Waals surface area contributed by atoms with Crippen molar-refractivity contribution in [3.05, 3.63) is 58.3 Å². The minimum Gasteiger partial charge on any atom is -0.307 e. The number of aromatic nitrogens is 5. The molecule has 4 aromatic rings. The number of para-hydroxylation sites is 1. The van der Waals surface area contributed by atoms with E-state index in [9.17, 15) is 0 Å². The number of alkyl halides is 1. The van der Waals surface area contributed by atoms with Crippen LogP contribution in [0, 0.1) is 0 Å². The summed E-state index contributed by atoms with van der Waals surface area (Å²) in [5.41, 5.74) is 1.60. The Bertz CT molecular complexity index is 1160. The van der Waals surface area contributed by atoms with Crippen molar-refractivity contribution < 1.29 is 0 Å². The molecule has 6 nitrogen and oxygen atoms in total. The molecule has 2 N–H and O–H groups in total. The fourth-order valence-corrected chi connectivity index (χ4v) is 3.21. The highest BCUT2D eigenvalue weighted by molar-refractivity contribution is 14.1. The summed E-state index contributed by atoms with van der Waals surface area (Å²) in [6.07, 6.45) is 2.32. The highest BCUT2D eigenvalue weighted by Crippen LogP contribution is 2.38. The molecule has 1 aliphatic rings. The molecule has 2 aromatic heterocycles. The number of H-pyrrole nitrogens is 1. The van der Waals surface area contributed by atoms with Crippen molar-refractivity contribution in [1.82, 2.24) is 25.1 Å². The number of hydrogen-bond donors (Lipinski definition) is 2. The van der Waals surface area contributed by atoms with E-state index in [1.54, 1.807) is 12.1 Å². The van der Waals surface area contributed by atoms with Crippen LogP contribution in [0.4, 0.5) is 11.8 Å². The molecule has 5 rings (SSSR count). The maximum atomic E-state index is 6.16. The molecule has 0 atom stereocenters. The number of hydrogen-bond acceptors (Lipinski definition) is 5. The summed E-state index contributed by atoms with van der Waals surface area (Å²) in [5.74, 6) is 3.11.